The van der Waals surface area contributed by atoms with Crippen molar-refractivity contribution >= 4 is 11.7 Å². The van der Waals surface area contributed by atoms with Gasteiger partial charge in [0.15, 0.2) is 5.78 Å². The zero-order valence-electron chi connectivity index (χ0n) is 19.5. The van der Waals surface area contributed by atoms with E-state index in [4.69, 9.17) is 9.47 Å². The van der Waals surface area contributed by atoms with Crippen LogP contribution in [0.25, 0.3) is 0 Å². The molecule has 1 atom stereocenters. The van der Waals surface area contributed by atoms with E-state index in [1.807, 2.05) is 77.7 Å². The van der Waals surface area contributed by atoms with Crippen molar-refractivity contribution in [3.63, 3.8) is 0 Å². The Balaban J connectivity index is 1.54. The Kier molecular flexibility index (Phi) is 7.43. The summed E-state index contributed by atoms with van der Waals surface area (Å²) in [5.41, 5.74) is 2.90. The maximum Gasteiger partial charge on any atom is 0.225 e. The minimum Gasteiger partial charge on any atom is -0.497 e. The van der Waals surface area contributed by atoms with Crippen LogP contribution < -0.4 is 9.47 Å². The SMILES string of the molecule is COc1ccc(CC(Cc2ccc(OC)cc2)N2C(=O)CC2C=CC(=O)c2ccccc2)cc1. The number of ketones is 1. The van der Waals surface area contributed by atoms with Crippen LogP contribution in [0.4, 0.5) is 0 Å². The molecule has 1 heterocycles. The molecule has 0 spiro atoms. The van der Waals surface area contributed by atoms with Gasteiger partial charge in [0.2, 0.25) is 5.91 Å². The van der Waals surface area contributed by atoms with E-state index >= 15 is 0 Å². The van der Waals surface area contributed by atoms with Gasteiger partial charge in [-0.15, -0.1) is 0 Å². The molecule has 0 radical (unpaired) electrons. The summed E-state index contributed by atoms with van der Waals surface area (Å²) in [7, 11) is 3.29. The molecule has 0 bridgehead atoms. The Hall–Kier alpha value is -3.86. The highest BCUT2D eigenvalue weighted by Crippen LogP contribution is 2.29. The van der Waals surface area contributed by atoms with Crippen molar-refractivity contribution in [3.8, 4) is 11.5 Å². The van der Waals surface area contributed by atoms with Gasteiger partial charge in [0, 0.05) is 11.6 Å². The van der Waals surface area contributed by atoms with E-state index in [1.165, 1.54) is 0 Å². The number of likely N-dealkylation sites (tertiary alicyclic amines) is 1. The lowest BCUT2D eigenvalue weighted by Crippen LogP contribution is -2.58. The van der Waals surface area contributed by atoms with Crippen molar-refractivity contribution in [2.75, 3.05) is 14.2 Å². The largest absolute Gasteiger partial charge is 0.497 e. The molecule has 5 heteroatoms. The quantitative estimate of drug-likeness (QED) is 0.248. The number of carbonyl (C=O) groups excluding carboxylic acids is 2. The fourth-order valence-corrected chi connectivity index (χ4v) is 4.32. The summed E-state index contributed by atoms with van der Waals surface area (Å²) in [6.45, 7) is 0. The average molecular weight is 456 g/mol. The molecule has 5 nitrogen and oxygen atoms in total. The van der Waals surface area contributed by atoms with Crippen molar-refractivity contribution in [1.82, 2.24) is 4.90 Å². The predicted octanol–water partition coefficient (Wildman–Crippen LogP) is 4.90. The molecule has 174 valence electrons. The van der Waals surface area contributed by atoms with Gasteiger partial charge in [-0.05, 0) is 54.3 Å². The Morgan fingerprint density at radius 1 is 0.882 bits per heavy atom. The van der Waals surface area contributed by atoms with Crippen LogP contribution >= 0.6 is 0 Å². The van der Waals surface area contributed by atoms with Crippen LogP contribution in [-0.4, -0.2) is 42.9 Å². The van der Waals surface area contributed by atoms with Crippen molar-refractivity contribution < 1.29 is 19.1 Å². The summed E-state index contributed by atoms with van der Waals surface area (Å²) < 4.78 is 10.6. The number of rotatable bonds is 10. The third kappa shape index (κ3) is 5.54. The van der Waals surface area contributed by atoms with Crippen LogP contribution in [0.2, 0.25) is 0 Å². The van der Waals surface area contributed by atoms with Gasteiger partial charge in [-0.25, -0.2) is 0 Å². The third-order valence-electron chi connectivity index (χ3n) is 6.21. The molecular weight excluding hydrogens is 426 g/mol. The summed E-state index contributed by atoms with van der Waals surface area (Å²) in [5.74, 6) is 1.65. The first-order valence-corrected chi connectivity index (χ1v) is 11.4. The van der Waals surface area contributed by atoms with Gasteiger partial charge in [0.25, 0.3) is 0 Å². The first-order chi connectivity index (χ1) is 16.6. The van der Waals surface area contributed by atoms with E-state index in [0.717, 1.165) is 22.6 Å². The molecule has 34 heavy (non-hydrogen) atoms. The van der Waals surface area contributed by atoms with E-state index in [1.54, 1.807) is 32.4 Å². The number of allylic oxidation sites excluding steroid dienone is 1. The van der Waals surface area contributed by atoms with Gasteiger partial charge in [-0.3, -0.25) is 9.59 Å². The van der Waals surface area contributed by atoms with E-state index in [2.05, 4.69) is 0 Å². The van der Waals surface area contributed by atoms with Gasteiger partial charge >= 0.3 is 0 Å². The van der Waals surface area contributed by atoms with Crippen LogP contribution in [0.15, 0.2) is 91.0 Å². The van der Waals surface area contributed by atoms with Crippen molar-refractivity contribution in [3.05, 3.63) is 108 Å². The highest BCUT2D eigenvalue weighted by Gasteiger charge is 2.39. The number of benzene rings is 3. The minimum absolute atomic E-state index is 0.0375. The molecule has 1 amide bonds. The third-order valence-corrected chi connectivity index (χ3v) is 6.21. The first kappa shape index (κ1) is 23.3. The number of β-lactam (4-membered cyclic amide) rings is 1. The molecule has 1 unspecified atom stereocenters. The number of methoxy groups -OCH3 is 2. The number of ether oxygens (including phenoxy) is 2. The monoisotopic (exact) mass is 455 g/mol. The topological polar surface area (TPSA) is 55.8 Å². The number of amides is 1. The van der Waals surface area contributed by atoms with E-state index in [0.29, 0.717) is 24.8 Å². The van der Waals surface area contributed by atoms with E-state index < -0.39 is 0 Å². The van der Waals surface area contributed by atoms with Crippen molar-refractivity contribution in [2.45, 2.75) is 31.3 Å². The van der Waals surface area contributed by atoms with Gasteiger partial charge in [0.1, 0.15) is 11.5 Å². The molecule has 1 saturated heterocycles. The molecule has 1 aliphatic rings. The molecule has 0 saturated carbocycles. The molecule has 1 aliphatic heterocycles. The summed E-state index contributed by atoms with van der Waals surface area (Å²) >= 11 is 0. The van der Waals surface area contributed by atoms with Crippen molar-refractivity contribution in [2.24, 2.45) is 0 Å². The molecule has 3 aromatic carbocycles. The summed E-state index contributed by atoms with van der Waals surface area (Å²) in [5, 5.41) is 0. The molecule has 1 fully saturated rings. The van der Waals surface area contributed by atoms with Crippen LogP contribution in [0.5, 0.6) is 11.5 Å². The molecule has 4 rings (SSSR count). The second-order valence-corrected chi connectivity index (χ2v) is 8.42. The fraction of sp³-hybridized carbons (Fsp3) is 0.241. The standard InChI is InChI=1S/C29H29NO4/c1-33-26-13-8-21(9-14-26)18-25(19-22-10-15-27(34-2)16-11-22)30-24(20-29(30)32)12-17-28(31)23-6-4-3-5-7-23/h3-17,24-25H,18-20H2,1-2H3. The van der Waals surface area contributed by atoms with Gasteiger partial charge in [-0.2, -0.15) is 0 Å². The molecule has 0 aromatic heterocycles. The Morgan fingerprint density at radius 3 is 1.88 bits per heavy atom. The second kappa shape index (κ2) is 10.8. The fourth-order valence-electron chi connectivity index (χ4n) is 4.32. The smallest absolute Gasteiger partial charge is 0.225 e. The number of carbonyl (C=O) groups is 2. The Morgan fingerprint density at radius 2 is 1.41 bits per heavy atom. The zero-order chi connectivity index (χ0) is 23.9. The molecular formula is C29H29NO4. The van der Waals surface area contributed by atoms with Crippen LogP contribution in [0.1, 0.15) is 27.9 Å². The summed E-state index contributed by atoms with van der Waals surface area (Å²) in [6, 6.07) is 24.9. The lowest BCUT2D eigenvalue weighted by Gasteiger charge is -2.45. The van der Waals surface area contributed by atoms with Gasteiger partial charge < -0.3 is 14.4 Å². The maximum absolute atomic E-state index is 12.7. The van der Waals surface area contributed by atoms with Crippen LogP contribution in [0.3, 0.4) is 0 Å². The summed E-state index contributed by atoms with van der Waals surface area (Å²) in [6.07, 6.45) is 5.29. The van der Waals surface area contributed by atoms with Crippen LogP contribution in [0, 0.1) is 0 Å². The maximum atomic E-state index is 12.7. The molecule has 0 aliphatic carbocycles. The number of hydrogen-bond donors (Lipinski definition) is 0. The van der Waals surface area contributed by atoms with Gasteiger partial charge in [-0.1, -0.05) is 60.7 Å². The average Bonchev–Trinajstić information content (AvgIpc) is 2.87. The lowest BCUT2D eigenvalue weighted by molar-refractivity contribution is -0.147. The molecule has 0 N–H and O–H groups in total. The van der Waals surface area contributed by atoms with E-state index in [9.17, 15) is 9.59 Å². The Labute approximate surface area is 200 Å². The normalized spacial score (nSPS) is 15.4. The first-order valence-electron chi connectivity index (χ1n) is 11.4. The minimum atomic E-state index is -0.0957. The second-order valence-electron chi connectivity index (χ2n) is 8.42. The molecule has 3 aromatic rings. The van der Waals surface area contributed by atoms with Crippen LogP contribution in [-0.2, 0) is 17.6 Å². The van der Waals surface area contributed by atoms with Gasteiger partial charge in [0.05, 0.1) is 26.7 Å². The Bertz CT molecular complexity index is 1090. The van der Waals surface area contributed by atoms with Crippen molar-refractivity contribution in [1.29, 1.82) is 0 Å². The number of hydrogen-bond acceptors (Lipinski definition) is 4. The predicted molar refractivity (Wildman–Crippen MR) is 132 cm³/mol. The summed E-state index contributed by atoms with van der Waals surface area (Å²) in [4.78, 5) is 27.2. The number of nitrogens with zero attached hydrogens (tertiary/aromatic N) is 1. The van der Waals surface area contributed by atoms with E-state index in [-0.39, 0.29) is 23.8 Å². The highest BCUT2D eigenvalue weighted by atomic mass is 16.5. The highest BCUT2D eigenvalue weighted by molar-refractivity contribution is 6.04. The zero-order valence-corrected chi connectivity index (χ0v) is 19.5. The lowest BCUT2D eigenvalue weighted by atomic mass is 9.90.